The van der Waals surface area contributed by atoms with Crippen LogP contribution in [0.3, 0.4) is 0 Å². The monoisotopic (exact) mass is 408 g/mol. The van der Waals surface area contributed by atoms with Crippen molar-refractivity contribution in [2.75, 3.05) is 11.9 Å². The number of carbonyl (C=O) groups excluding carboxylic acids is 1. The van der Waals surface area contributed by atoms with E-state index in [1.165, 1.54) is 12.1 Å². The fourth-order valence-corrected chi connectivity index (χ4v) is 3.10. The highest BCUT2D eigenvalue weighted by atomic mass is 19.3. The number of benzene rings is 3. The third kappa shape index (κ3) is 5.63. The van der Waals surface area contributed by atoms with Crippen LogP contribution < -0.4 is 15.4 Å². The van der Waals surface area contributed by atoms with Gasteiger partial charge in [-0.1, -0.05) is 42.5 Å². The highest BCUT2D eigenvalue weighted by molar-refractivity contribution is 5.92. The topological polar surface area (TPSA) is 78.7 Å². The standard InChI is InChI=1S/C23H19F2N3O2/c24-23(25)30-19-12-10-17(11-13-19)22(16-6-2-1-3-7-16)27-15-21(29)28-20-9-5-4-8-18(20)14-26/h1-13,22-23,27H,15H2,(H,28,29)/p+1/t22-/m1/s1. The first kappa shape index (κ1) is 21.0. The number of amides is 1. The third-order valence-corrected chi connectivity index (χ3v) is 4.48. The van der Waals surface area contributed by atoms with E-state index in [1.807, 2.05) is 41.7 Å². The molecule has 30 heavy (non-hydrogen) atoms. The van der Waals surface area contributed by atoms with Crippen LogP contribution in [-0.2, 0) is 4.79 Å². The summed E-state index contributed by atoms with van der Waals surface area (Å²) in [4.78, 5) is 12.5. The Kier molecular flexibility index (Phi) is 7.09. The number of ether oxygens (including phenoxy) is 1. The van der Waals surface area contributed by atoms with Gasteiger partial charge in [-0.25, -0.2) is 0 Å². The van der Waals surface area contributed by atoms with Crippen LogP contribution in [0.5, 0.6) is 5.75 Å². The van der Waals surface area contributed by atoms with Gasteiger partial charge in [-0.15, -0.1) is 0 Å². The second-order valence-corrected chi connectivity index (χ2v) is 6.48. The average molecular weight is 408 g/mol. The molecule has 3 N–H and O–H groups in total. The van der Waals surface area contributed by atoms with Gasteiger partial charge in [-0.05, 0) is 36.4 Å². The van der Waals surface area contributed by atoms with E-state index in [9.17, 15) is 13.6 Å². The number of nitrogens with zero attached hydrogens (tertiary/aromatic N) is 1. The van der Waals surface area contributed by atoms with E-state index in [0.29, 0.717) is 11.3 Å². The SMILES string of the molecule is N#Cc1ccccc1NC(=O)C[NH2+][C@H](c1ccccc1)c1ccc(OC(F)F)cc1. The van der Waals surface area contributed by atoms with Crippen LogP contribution in [0.1, 0.15) is 22.7 Å². The maximum absolute atomic E-state index is 12.5. The molecule has 0 radical (unpaired) electrons. The summed E-state index contributed by atoms with van der Waals surface area (Å²) in [6, 6.07) is 24.5. The number of rotatable bonds is 8. The number of nitrogens with two attached hydrogens (primary N) is 1. The number of halogens is 2. The van der Waals surface area contributed by atoms with Crippen LogP contribution in [0, 0.1) is 11.3 Å². The van der Waals surface area contributed by atoms with Gasteiger partial charge in [0, 0.05) is 11.1 Å². The van der Waals surface area contributed by atoms with E-state index in [2.05, 4.69) is 10.1 Å². The molecule has 0 unspecified atom stereocenters. The lowest BCUT2D eigenvalue weighted by Gasteiger charge is -2.17. The van der Waals surface area contributed by atoms with Crippen LogP contribution in [0.25, 0.3) is 0 Å². The molecule has 0 aliphatic rings. The Morgan fingerprint density at radius 3 is 2.27 bits per heavy atom. The predicted molar refractivity (Wildman–Crippen MR) is 108 cm³/mol. The molecule has 0 fully saturated rings. The summed E-state index contributed by atoms with van der Waals surface area (Å²) >= 11 is 0. The predicted octanol–water partition coefficient (Wildman–Crippen LogP) is 3.45. The molecule has 5 nitrogen and oxygen atoms in total. The zero-order valence-corrected chi connectivity index (χ0v) is 16.0. The molecule has 0 aliphatic carbocycles. The Morgan fingerprint density at radius 2 is 1.60 bits per heavy atom. The summed E-state index contributed by atoms with van der Waals surface area (Å²) in [7, 11) is 0. The number of para-hydroxylation sites is 1. The summed E-state index contributed by atoms with van der Waals surface area (Å²) in [6.45, 7) is -2.78. The lowest BCUT2D eigenvalue weighted by molar-refractivity contribution is -0.676. The molecule has 3 aromatic carbocycles. The van der Waals surface area contributed by atoms with Gasteiger partial charge in [-0.3, -0.25) is 4.79 Å². The maximum Gasteiger partial charge on any atom is 0.387 e. The molecule has 0 saturated heterocycles. The molecule has 1 atom stereocenters. The van der Waals surface area contributed by atoms with Crippen LogP contribution in [-0.4, -0.2) is 19.1 Å². The second-order valence-electron chi connectivity index (χ2n) is 6.48. The molecule has 1 amide bonds. The zero-order chi connectivity index (χ0) is 21.3. The number of nitrogens with one attached hydrogen (secondary N) is 1. The van der Waals surface area contributed by atoms with Crippen molar-refractivity contribution in [1.82, 2.24) is 0 Å². The molecule has 0 aromatic heterocycles. The molecule has 0 spiro atoms. The minimum absolute atomic E-state index is 0.0754. The van der Waals surface area contributed by atoms with Gasteiger partial charge in [0.1, 0.15) is 17.9 Å². The number of hydrogen-bond acceptors (Lipinski definition) is 3. The second kappa shape index (κ2) is 10.1. The van der Waals surface area contributed by atoms with Crippen molar-refractivity contribution in [2.24, 2.45) is 0 Å². The normalized spacial score (nSPS) is 11.5. The number of anilines is 1. The summed E-state index contributed by atoms with van der Waals surface area (Å²) in [5.74, 6) is -0.178. The van der Waals surface area contributed by atoms with Gasteiger partial charge < -0.3 is 15.4 Å². The summed E-state index contributed by atoms with van der Waals surface area (Å²) in [5, 5.41) is 13.8. The first-order valence-corrected chi connectivity index (χ1v) is 9.29. The van der Waals surface area contributed by atoms with Gasteiger partial charge in [0.15, 0.2) is 6.54 Å². The zero-order valence-electron chi connectivity index (χ0n) is 16.0. The summed E-state index contributed by atoms with van der Waals surface area (Å²) in [5.41, 5.74) is 2.65. The van der Waals surface area contributed by atoms with Gasteiger partial charge >= 0.3 is 6.61 Å². The van der Waals surface area contributed by atoms with Gasteiger partial charge in [0.25, 0.3) is 5.91 Å². The number of alkyl halides is 2. The van der Waals surface area contributed by atoms with Crippen molar-refractivity contribution >= 4 is 11.6 Å². The Hall–Kier alpha value is -3.76. The largest absolute Gasteiger partial charge is 0.435 e. The fourth-order valence-electron chi connectivity index (χ4n) is 3.10. The molecular weight excluding hydrogens is 388 g/mol. The Labute approximate surface area is 172 Å². The Morgan fingerprint density at radius 1 is 0.967 bits per heavy atom. The molecule has 0 aliphatic heterocycles. The lowest BCUT2D eigenvalue weighted by atomic mass is 9.98. The van der Waals surface area contributed by atoms with E-state index < -0.39 is 6.61 Å². The molecule has 3 aromatic rings. The van der Waals surface area contributed by atoms with Crippen LogP contribution >= 0.6 is 0 Å². The average Bonchev–Trinajstić information content (AvgIpc) is 2.76. The lowest BCUT2D eigenvalue weighted by Crippen LogP contribution is -2.87. The van der Waals surface area contributed by atoms with E-state index in [0.717, 1.165) is 11.1 Å². The number of carbonyl (C=O) groups is 1. The molecule has 3 rings (SSSR count). The van der Waals surface area contributed by atoms with Crippen molar-refractivity contribution in [3.05, 3.63) is 95.6 Å². The van der Waals surface area contributed by atoms with Crippen molar-refractivity contribution in [1.29, 1.82) is 5.26 Å². The smallest absolute Gasteiger partial charge is 0.387 e. The minimum Gasteiger partial charge on any atom is -0.435 e. The van der Waals surface area contributed by atoms with E-state index >= 15 is 0 Å². The van der Waals surface area contributed by atoms with Crippen LogP contribution in [0.4, 0.5) is 14.5 Å². The van der Waals surface area contributed by atoms with Gasteiger partial charge in [0.2, 0.25) is 0 Å². The molecule has 152 valence electrons. The summed E-state index contributed by atoms with van der Waals surface area (Å²) < 4.78 is 29.2. The Balaban J connectivity index is 1.74. The third-order valence-electron chi connectivity index (χ3n) is 4.48. The Bertz CT molecular complexity index is 1020. The number of hydrogen-bond donors (Lipinski definition) is 2. The highest BCUT2D eigenvalue weighted by Gasteiger charge is 2.20. The quantitative estimate of drug-likeness (QED) is 0.599. The molecular formula is C23H20F2N3O2+. The molecule has 0 bridgehead atoms. The van der Waals surface area contributed by atoms with E-state index in [-0.39, 0.29) is 24.2 Å². The van der Waals surface area contributed by atoms with Crippen molar-refractivity contribution in [3.8, 4) is 11.8 Å². The van der Waals surface area contributed by atoms with Crippen LogP contribution in [0.2, 0.25) is 0 Å². The van der Waals surface area contributed by atoms with E-state index in [1.54, 1.807) is 36.4 Å². The van der Waals surface area contributed by atoms with Crippen molar-refractivity contribution in [3.63, 3.8) is 0 Å². The number of nitriles is 1. The van der Waals surface area contributed by atoms with Crippen LogP contribution in [0.15, 0.2) is 78.9 Å². The van der Waals surface area contributed by atoms with Gasteiger partial charge in [-0.2, -0.15) is 14.0 Å². The van der Waals surface area contributed by atoms with Gasteiger partial charge in [0.05, 0.1) is 11.3 Å². The summed E-state index contributed by atoms with van der Waals surface area (Å²) in [6.07, 6.45) is 0. The van der Waals surface area contributed by atoms with Crippen molar-refractivity contribution < 1.29 is 23.6 Å². The van der Waals surface area contributed by atoms with Crippen molar-refractivity contribution in [2.45, 2.75) is 12.7 Å². The molecule has 0 heterocycles. The fraction of sp³-hybridized carbons (Fsp3) is 0.130. The molecule has 0 saturated carbocycles. The minimum atomic E-state index is -2.88. The first-order valence-electron chi connectivity index (χ1n) is 9.29. The molecule has 7 heteroatoms. The first-order chi connectivity index (χ1) is 14.6. The highest BCUT2D eigenvalue weighted by Crippen LogP contribution is 2.22. The van der Waals surface area contributed by atoms with E-state index in [4.69, 9.17) is 5.26 Å². The number of quaternary nitrogens is 1. The maximum atomic E-state index is 12.5.